The Labute approximate surface area is 216 Å². The van der Waals surface area contributed by atoms with Crippen molar-refractivity contribution in [1.82, 2.24) is 14.6 Å². The Morgan fingerprint density at radius 3 is 2.50 bits per heavy atom. The molecule has 0 saturated heterocycles. The van der Waals surface area contributed by atoms with E-state index in [0.29, 0.717) is 34.9 Å². The highest BCUT2D eigenvalue weighted by Crippen LogP contribution is 2.44. The predicted molar refractivity (Wildman–Crippen MR) is 144 cm³/mol. The third-order valence-electron chi connectivity index (χ3n) is 6.89. The third kappa shape index (κ3) is 6.22. The van der Waals surface area contributed by atoms with Gasteiger partial charge >= 0.3 is 0 Å². The highest BCUT2D eigenvalue weighted by atomic mass is 32.2. The molecule has 0 radical (unpaired) electrons. The monoisotopic (exact) mass is 511 g/mol. The molecule has 8 heteroatoms. The van der Waals surface area contributed by atoms with Crippen LogP contribution in [0.25, 0.3) is 22.4 Å². The van der Waals surface area contributed by atoms with Gasteiger partial charge in [0.2, 0.25) is 17.0 Å². The van der Waals surface area contributed by atoms with Gasteiger partial charge in [0, 0.05) is 19.2 Å². The van der Waals surface area contributed by atoms with Gasteiger partial charge in [-0.15, -0.1) is 0 Å². The first-order chi connectivity index (χ1) is 17.4. The molecule has 4 rings (SSSR count). The average molecular weight is 512 g/mol. The van der Waals surface area contributed by atoms with Gasteiger partial charge in [-0.05, 0) is 43.7 Å². The fourth-order valence-electron chi connectivity index (χ4n) is 4.66. The zero-order valence-corrected chi connectivity index (χ0v) is 22.3. The van der Waals surface area contributed by atoms with Crippen molar-refractivity contribution in [2.75, 3.05) is 13.6 Å². The van der Waals surface area contributed by atoms with Crippen LogP contribution in [-0.4, -0.2) is 37.6 Å². The second-order valence-corrected chi connectivity index (χ2v) is 10.7. The molecule has 1 saturated carbocycles. The van der Waals surface area contributed by atoms with Gasteiger partial charge in [-0.3, -0.25) is 9.35 Å². The van der Waals surface area contributed by atoms with Crippen molar-refractivity contribution in [2.45, 2.75) is 77.7 Å². The van der Waals surface area contributed by atoms with Gasteiger partial charge in [0.15, 0.2) is 0 Å². The van der Waals surface area contributed by atoms with Gasteiger partial charge in [-0.25, -0.2) is 9.19 Å². The molecule has 36 heavy (non-hydrogen) atoms. The van der Waals surface area contributed by atoms with Crippen LogP contribution in [0.2, 0.25) is 0 Å². The molecule has 194 valence electrons. The van der Waals surface area contributed by atoms with E-state index in [1.165, 1.54) is 19.3 Å². The van der Waals surface area contributed by atoms with Crippen LogP contribution in [0.15, 0.2) is 34.7 Å². The van der Waals surface area contributed by atoms with E-state index in [4.69, 9.17) is 9.40 Å². The van der Waals surface area contributed by atoms with Crippen molar-refractivity contribution in [3.8, 4) is 11.3 Å². The van der Waals surface area contributed by atoms with E-state index in [-0.39, 0.29) is 12.5 Å². The third-order valence-corrected chi connectivity index (χ3v) is 7.64. The van der Waals surface area contributed by atoms with Crippen LogP contribution in [-0.2, 0) is 17.8 Å². The van der Waals surface area contributed by atoms with Gasteiger partial charge in [0.25, 0.3) is 5.91 Å². The largest absolute Gasteiger partial charge is 0.437 e. The SMILES string of the molecule is CCCCCCCCN(Cc1nc2oc(-c3ccc(C)cc3)c(C(=O)NC)c2cc1C1CC1)S(=O)O. The lowest BCUT2D eigenvalue weighted by Gasteiger charge is -2.19. The first-order valence-electron chi connectivity index (χ1n) is 13.0. The minimum Gasteiger partial charge on any atom is -0.437 e. The van der Waals surface area contributed by atoms with Crippen molar-refractivity contribution in [2.24, 2.45) is 0 Å². The van der Waals surface area contributed by atoms with E-state index in [1.54, 1.807) is 11.4 Å². The Balaban J connectivity index is 1.67. The number of rotatable bonds is 13. The van der Waals surface area contributed by atoms with Gasteiger partial charge in [0.1, 0.15) is 5.76 Å². The van der Waals surface area contributed by atoms with Crippen molar-refractivity contribution in [3.63, 3.8) is 0 Å². The van der Waals surface area contributed by atoms with Crippen molar-refractivity contribution < 1.29 is 18.0 Å². The molecule has 1 fully saturated rings. The summed E-state index contributed by atoms with van der Waals surface area (Å²) in [5, 5.41) is 3.42. The molecule has 2 heterocycles. The maximum Gasteiger partial charge on any atom is 0.255 e. The van der Waals surface area contributed by atoms with Gasteiger partial charge in [-0.1, -0.05) is 68.9 Å². The fourth-order valence-corrected chi connectivity index (χ4v) is 5.17. The Morgan fingerprint density at radius 2 is 1.86 bits per heavy atom. The molecule has 2 aromatic heterocycles. The van der Waals surface area contributed by atoms with E-state index in [0.717, 1.165) is 54.5 Å². The second kappa shape index (κ2) is 12.1. The lowest BCUT2D eigenvalue weighted by molar-refractivity contribution is 0.0964. The number of furan rings is 1. The summed E-state index contributed by atoms with van der Waals surface area (Å²) in [5.74, 6) is 0.627. The summed E-state index contributed by atoms with van der Waals surface area (Å²) >= 11 is -2.09. The molecule has 1 atom stereocenters. The number of nitrogens with one attached hydrogen (secondary N) is 1. The van der Waals surface area contributed by atoms with Crippen LogP contribution in [0.1, 0.15) is 91.4 Å². The number of fused-ring (bicyclic) bond motifs is 1. The van der Waals surface area contributed by atoms with Crippen LogP contribution in [0.5, 0.6) is 0 Å². The first-order valence-corrected chi connectivity index (χ1v) is 14.1. The first kappa shape index (κ1) is 26.5. The van der Waals surface area contributed by atoms with E-state index in [1.807, 2.05) is 37.3 Å². The Morgan fingerprint density at radius 1 is 1.17 bits per heavy atom. The number of aromatic nitrogens is 1. The fraction of sp³-hybridized carbons (Fsp3) is 0.500. The number of carbonyl (C=O) groups excluding carboxylic acids is 1. The number of benzene rings is 1. The highest BCUT2D eigenvalue weighted by molar-refractivity contribution is 7.76. The molecular formula is C28H37N3O4S. The minimum absolute atomic E-state index is 0.221. The van der Waals surface area contributed by atoms with Crippen LogP contribution >= 0.6 is 0 Å². The van der Waals surface area contributed by atoms with Crippen molar-refractivity contribution in [3.05, 3.63) is 52.7 Å². The molecule has 7 nitrogen and oxygen atoms in total. The summed E-state index contributed by atoms with van der Waals surface area (Å²) in [7, 11) is 1.61. The second-order valence-electron chi connectivity index (χ2n) is 9.76. The lowest BCUT2D eigenvalue weighted by atomic mass is 10.0. The molecule has 0 bridgehead atoms. The summed E-state index contributed by atoms with van der Waals surface area (Å²) in [6, 6.07) is 9.88. The number of hydrogen-bond donors (Lipinski definition) is 2. The van der Waals surface area contributed by atoms with E-state index < -0.39 is 11.3 Å². The van der Waals surface area contributed by atoms with Crippen molar-refractivity contribution in [1.29, 1.82) is 0 Å². The Kier molecular flexibility index (Phi) is 8.93. The zero-order valence-electron chi connectivity index (χ0n) is 21.5. The number of hydrogen-bond acceptors (Lipinski definition) is 4. The average Bonchev–Trinajstić information content (AvgIpc) is 3.65. The molecule has 3 aromatic rings. The maximum atomic E-state index is 12.9. The summed E-state index contributed by atoms with van der Waals surface area (Å²) in [5.41, 5.74) is 4.59. The van der Waals surface area contributed by atoms with Gasteiger partial charge in [0.05, 0.1) is 23.2 Å². The van der Waals surface area contributed by atoms with Crippen LogP contribution in [0, 0.1) is 6.92 Å². The number of unbranched alkanes of at least 4 members (excludes halogenated alkanes) is 5. The molecular weight excluding hydrogens is 474 g/mol. The van der Waals surface area contributed by atoms with Crippen LogP contribution < -0.4 is 5.32 Å². The van der Waals surface area contributed by atoms with E-state index in [9.17, 15) is 13.6 Å². The number of nitrogens with zero attached hydrogens (tertiary/aromatic N) is 2. The topological polar surface area (TPSA) is 95.7 Å². The summed E-state index contributed by atoms with van der Waals surface area (Å²) in [4.78, 5) is 17.8. The number of aryl methyl sites for hydroxylation is 1. The maximum absolute atomic E-state index is 12.9. The van der Waals surface area contributed by atoms with E-state index >= 15 is 0 Å². The Bertz CT molecular complexity index is 1220. The molecule has 2 N–H and O–H groups in total. The van der Waals surface area contributed by atoms with Crippen LogP contribution in [0.4, 0.5) is 0 Å². The van der Waals surface area contributed by atoms with Crippen LogP contribution in [0.3, 0.4) is 0 Å². The molecule has 1 amide bonds. The molecule has 0 spiro atoms. The minimum atomic E-state index is -2.09. The quantitative estimate of drug-likeness (QED) is 0.206. The smallest absolute Gasteiger partial charge is 0.255 e. The highest BCUT2D eigenvalue weighted by Gasteiger charge is 2.31. The molecule has 1 aliphatic carbocycles. The van der Waals surface area contributed by atoms with E-state index in [2.05, 4.69) is 12.2 Å². The summed E-state index contributed by atoms with van der Waals surface area (Å²) in [6.45, 7) is 5.02. The summed E-state index contributed by atoms with van der Waals surface area (Å²) < 4.78 is 29.9. The molecule has 1 aliphatic rings. The normalized spacial score (nSPS) is 14.5. The zero-order chi connectivity index (χ0) is 25.7. The molecule has 1 unspecified atom stereocenters. The number of carbonyl (C=O) groups is 1. The van der Waals surface area contributed by atoms with Gasteiger partial charge < -0.3 is 9.73 Å². The summed E-state index contributed by atoms with van der Waals surface area (Å²) in [6.07, 6.45) is 8.81. The molecule has 1 aromatic carbocycles. The number of pyridine rings is 1. The Hall–Kier alpha value is -2.55. The lowest BCUT2D eigenvalue weighted by Crippen LogP contribution is -2.27. The van der Waals surface area contributed by atoms with Crippen molar-refractivity contribution >= 4 is 28.3 Å². The molecule has 0 aliphatic heterocycles. The standard InChI is InChI=1S/C28H37N3O4S/c1-4-5-6-7-8-9-16-31(36(33)34)18-24-22(20-14-15-20)17-23-25(27(32)29-3)26(35-28(23)30-24)21-12-10-19(2)11-13-21/h10-13,17,20H,4-9,14-16,18H2,1-3H3,(H,29,32)(H,33,34). The van der Waals surface area contributed by atoms with Gasteiger partial charge in [-0.2, -0.15) is 4.31 Å². The number of amides is 1. The predicted octanol–water partition coefficient (Wildman–Crippen LogP) is 6.34.